The van der Waals surface area contributed by atoms with Crippen LogP contribution in [0.3, 0.4) is 0 Å². The molecule has 0 atom stereocenters. The second-order valence-corrected chi connectivity index (χ2v) is 6.98. The molecule has 1 aromatic heterocycles. The molecule has 130 valence electrons. The molecule has 7 heteroatoms. The van der Waals surface area contributed by atoms with Gasteiger partial charge >= 0.3 is 15.7 Å². The number of fused-ring (bicyclic) bond motifs is 1. The van der Waals surface area contributed by atoms with Crippen molar-refractivity contribution in [2.24, 2.45) is 0 Å². The zero-order valence-corrected chi connectivity index (χ0v) is 14.2. The van der Waals surface area contributed by atoms with Gasteiger partial charge in [-0.15, -0.1) is 0 Å². The summed E-state index contributed by atoms with van der Waals surface area (Å²) in [6.45, 7) is 1.99. The van der Waals surface area contributed by atoms with E-state index in [4.69, 9.17) is 8.60 Å². The van der Waals surface area contributed by atoms with Crippen molar-refractivity contribution in [1.82, 2.24) is 0 Å². The molecule has 3 rings (SSSR count). The Morgan fingerprint density at radius 2 is 1.88 bits per heavy atom. The third-order valence-corrected chi connectivity index (χ3v) is 4.91. The Kier molecular flexibility index (Phi) is 4.59. The van der Waals surface area contributed by atoms with E-state index in [2.05, 4.69) is 0 Å². The summed E-state index contributed by atoms with van der Waals surface area (Å²) in [5.41, 5.74) is 0.513. The summed E-state index contributed by atoms with van der Waals surface area (Å²) >= 11 is 0. The van der Waals surface area contributed by atoms with Gasteiger partial charge in [0.2, 0.25) is 0 Å². The smallest absolute Gasteiger partial charge is 0.342 e. The molecule has 5 nitrogen and oxygen atoms in total. The van der Waals surface area contributed by atoms with E-state index in [1.165, 1.54) is 30.3 Å². The molecule has 0 unspecified atom stereocenters. The zero-order valence-electron chi connectivity index (χ0n) is 13.4. The first-order valence-electron chi connectivity index (χ1n) is 7.66. The van der Waals surface area contributed by atoms with E-state index in [-0.39, 0.29) is 11.3 Å². The van der Waals surface area contributed by atoms with Crippen LogP contribution >= 0.6 is 0 Å². The number of rotatable bonds is 5. The van der Waals surface area contributed by atoms with Crippen LogP contribution in [-0.4, -0.2) is 8.42 Å². The molecular weight excluding hydrogens is 347 g/mol. The quantitative estimate of drug-likeness (QED) is 0.512. The first-order valence-corrected chi connectivity index (χ1v) is 9.07. The van der Waals surface area contributed by atoms with E-state index < -0.39 is 26.5 Å². The van der Waals surface area contributed by atoms with E-state index in [0.717, 1.165) is 24.1 Å². The predicted octanol–water partition coefficient (Wildman–Crippen LogP) is 3.65. The van der Waals surface area contributed by atoms with Gasteiger partial charge in [0.25, 0.3) is 0 Å². The average molecular weight is 362 g/mol. The summed E-state index contributed by atoms with van der Waals surface area (Å²) in [4.78, 5) is 11.1. The number of hydrogen-bond donors (Lipinski definition) is 0. The van der Waals surface area contributed by atoms with Crippen molar-refractivity contribution in [2.45, 2.75) is 24.7 Å². The van der Waals surface area contributed by atoms with Crippen molar-refractivity contribution >= 4 is 21.1 Å². The standard InChI is InChI=1S/C18H15FO5S/c1-2-5-12-10-18(20)23-16-11-13(8-9-14(12)16)24-25(21,22)17-7-4-3-6-15(17)19/h3-4,6-11H,2,5H2,1H3. The van der Waals surface area contributed by atoms with Gasteiger partial charge in [0.15, 0.2) is 0 Å². The largest absolute Gasteiger partial charge is 0.423 e. The summed E-state index contributed by atoms with van der Waals surface area (Å²) in [5, 5.41) is 0.706. The van der Waals surface area contributed by atoms with Gasteiger partial charge in [-0.2, -0.15) is 8.42 Å². The van der Waals surface area contributed by atoms with Crippen LogP contribution in [0.1, 0.15) is 18.9 Å². The fourth-order valence-electron chi connectivity index (χ4n) is 2.56. The van der Waals surface area contributed by atoms with Gasteiger partial charge in [-0.05, 0) is 36.2 Å². The van der Waals surface area contributed by atoms with Crippen LogP contribution in [0.5, 0.6) is 5.75 Å². The van der Waals surface area contributed by atoms with E-state index in [1.54, 1.807) is 6.07 Å². The lowest BCUT2D eigenvalue weighted by atomic mass is 10.1. The highest BCUT2D eigenvalue weighted by atomic mass is 32.2. The molecule has 0 fully saturated rings. The van der Waals surface area contributed by atoms with Gasteiger partial charge in [-0.25, -0.2) is 9.18 Å². The third kappa shape index (κ3) is 3.56. The first kappa shape index (κ1) is 17.2. The van der Waals surface area contributed by atoms with Crippen LogP contribution < -0.4 is 9.81 Å². The number of aryl methyl sites for hydroxylation is 1. The van der Waals surface area contributed by atoms with Gasteiger partial charge in [0.1, 0.15) is 22.0 Å². The van der Waals surface area contributed by atoms with E-state index >= 15 is 0 Å². The highest BCUT2D eigenvalue weighted by Crippen LogP contribution is 2.26. The van der Waals surface area contributed by atoms with Crippen LogP contribution in [0.2, 0.25) is 0 Å². The molecule has 0 N–H and O–H groups in total. The average Bonchev–Trinajstić information content (AvgIpc) is 2.54. The lowest BCUT2D eigenvalue weighted by molar-refractivity contribution is 0.475. The first-order chi connectivity index (χ1) is 11.9. The molecule has 0 saturated heterocycles. The molecule has 0 bridgehead atoms. The summed E-state index contributed by atoms with van der Waals surface area (Å²) in [5.74, 6) is -0.965. The van der Waals surface area contributed by atoms with E-state index in [0.29, 0.717) is 11.8 Å². The van der Waals surface area contributed by atoms with Crippen molar-refractivity contribution in [3.63, 3.8) is 0 Å². The predicted molar refractivity (Wildman–Crippen MR) is 90.7 cm³/mol. The van der Waals surface area contributed by atoms with Gasteiger partial charge in [-0.3, -0.25) is 0 Å². The lowest BCUT2D eigenvalue weighted by Gasteiger charge is -2.09. The third-order valence-electron chi connectivity index (χ3n) is 3.63. The maximum absolute atomic E-state index is 13.7. The van der Waals surface area contributed by atoms with Crippen LogP contribution in [0.15, 0.2) is 62.6 Å². The van der Waals surface area contributed by atoms with Crippen molar-refractivity contribution < 1.29 is 21.4 Å². The maximum atomic E-state index is 13.7. The fraction of sp³-hybridized carbons (Fsp3) is 0.167. The maximum Gasteiger partial charge on any atom is 0.342 e. The molecule has 25 heavy (non-hydrogen) atoms. The highest BCUT2D eigenvalue weighted by molar-refractivity contribution is 7.87. The van der Waals surface area contributed by atoms with Crippen molar-refractivity contribution in [3.8, 4) is 5.75 Å². The van der Waals surface area contributed by atoms with Crippen molar-refractivity contribution in [2.75, 3.05) is 0 Å². The summed E-state index contributed by atoms with van der Waals surface area (Å²) < 4.78 is 48.3. The Bertz CT molecular complexity index is 1090. The molecule has 0 aliphatic heterocycles. The van der Waals surface area contributed by atoms with Gasteiger partial charge in [0, 0.05) is 17.5 Å². The topological polar surface area (TPSA) is 73.6 Å². The number of halogens is 1. The van der Waals surface area contributed by atoms with Crippen LogP contribution in [0.25, 0.3) is 11.0 Å². The second-order valence-electron chi connectivity index (χ2n) is 5.47. The van der Waals surface area contributed by atoms with Crippen LogP contribution in [0, 0.1) is 5.82 Å². The Balaban J connectivity index is 2.03. The van der Waals surface area contributed by atoms with Gasteiger partial charge in [-0.1, -0.05) is 25.5 Å². The molecule has 0 spiro atoms. The highest BCUT2D eigenvalue weighted by Gasteiger charge is 2.21. The molecule has 0 aliphatic rings. The number of benzene rings is 2. The zero-order chi connectivity index (χ0) is 18.0. The molecule has 1 heterocycles. The van der Waals surface area contributed by atoms with Gasteiger partial charge < -0.3 is 8.60 Å². The molecular formula is C18H15FO5S. The molecule has 3 aromatic rings. The Hall–Kier alpha value is -2.67. The molecule has 2 aromatic carbocycles. The Morgan fingerprint density at radius 1 is 1.12 bits per heavy atom. The van der Waals surface area contributed by atoms with Crippen LogP contribution in [0.4, 0.5) is 4.39 Å². The minimum absolute atomic E-state index is 0.0625. The van der Waals surface area contributed by atoms with Crippen molar-refractivity contribution in [1.29, 1.82) is 0 Å². The molecule has 0 saturated carbocycles. The Morgan fingerprint density at radius 3 is 2.60 bits per heavy atom. The van der Waals surface area contributed by atoms with Crippen LogP contribution in [-0.2, 0) is 16.5 Å². The summed E-state index contributed by atoms with van der Waals surface area (Å²) in [6, 6.07) is 10.7. The van der Waals surface area contributed by atoms with Gasteiger partial charge in [0.05, 0.1) is 0 Å². The summed E-state index contributed by atoms with van der Waals surface area (Å²) in [6.07, 6.45) is 1.54. The van der Waals surface area contributed by atoms with Crippen molar-refractivity contribution in [3.05, 3.63) is 70.3 Å². The SMILES string of the molecule is CCCc1cc(=O)oc2cc(OS(=O)(=O)c3ccccc3F)ccc12. The van der Waals surface area contributed by atoms with E-state index in [9.17, 15) is 17.6 Å². The lowest BCUT2D eigenvalue weighted by Crippen LogP contribution is -2.11. The molecule has 0 radical (unpaired) electrons. The summed E-state index contributed by atoms with van der Waals surface area (Å²) in [7, 11) is -4.34. The monoisotopic (exact) mass is 362 g/mol. The minimum atomic E-state index is -4.34. The minimum Gasteiger partial charge on any atom is -0.423 e. The Labute approximate surface area is 143 Å². The second kappa shape index (κ2) is 6.68. The molecule has 0 aliphatic carbocycles. The number of hydrogen-bond acceptors (Lipinski definition) is 5. The molecule has 0 amide bonds. The van der Waals surface area contributed by atoms with E-state index in [1.807, 2.05) is 6.92 Å². The normalized spacial score (nSPS) is 11.6. The fourth-order valence-corrected chi connectivity index (χ4v) is 3.56.